The van der Waals surface area contributed by atoms with Crippen LogP contribution in [0, 0.1) is 0 Å². The van der Waals surface area contributed by atoms with Crippen LogP contribution in [0.5, 0.6) is 0 Å². The molecule has 0 fully saturated rings. The molecule has 0 atom stereocenters. The number of carbonyl (C=O) groups excluding carboxylic acids is 2. The van der Waals surface area contributed by atoms with Gasteiger partial charge in [-0.15, -0.1) is 0 Å². The minimum Gasteiger partial charge on any atom is -0.465 e. The molecule has 3 rings (SSSR count). The highest BCUT2D eigenvalue weighted by molar-refractivity contribution is 5.91. The van der Waals surface area contributed by atoms with Crippen molar-refractivity contribution >= 4 is 23.0 Å². The van der Waals surface area contributed by atoms with Crippen LogP contribution in [-0.2, 0) is 9.47 Å². The molecular formula is C22H23NO5. The van der Waals surface area contributed by atoms with Gasteiger partial charge in [0.1, 0.15) is 5.52 Å². The molecule has 0 aliphatic carbocycles. The third-order valence-corrected chi connectivity index (χ3v) is 4.43. The maximum atomic E-state index is 12.1. The van der Waals surface area contributed by atoms with Crippen LogP contribution < -0.4 is 0 Å². The fourth-order valence-corrected chi connectivity index (χ4v) is 2.87. The topological polar surface area (TPSA) is 78.6 Å². The van der Waals surface area contributed by atoms with Gasteiger partial charge in [-0.2, -0.15) is 0 Å². The Bertz CT molecular complexity index is 959. The second-order valence-corrected chi connectivity index (χ2v) is 6.47. The van der Waals surface area contributed by atoms with Crippen molar-refractivity contribution in [1.29, 1.82) is 0 Å². The van der Waals surface area contributed by atoms with Crippen LogP contribution >= 0.6 is 0 Å². The Morgan fingerprint density at radius 3 is 2.43 bits per heavy atom. The number of nitrogens with zero attached hydrogens (tertiary/aromatic N) is 1. The fourth-order valence-electron chi connectivity index (χ4n) is 2.87. The van der Waals surface area contributed by atoms with E-state index in [0.717, 1.165) is 36.8 Å². The third kappa shape index (κ3) is 4.57. The van der Waals surface area contributed by atoms with Crippen molar-refractivity contribution in [1.82, 2.24) is 4.98 Å². The lowest BCUT2D eigenvalue weighted by atomic mass is 10.0. The molecule has 146 valence electrons. The predicted molar refractivity (Wildman–Crippen MR) is 105 cm³/mol. The molecule has 6 heteroatoms. The van der Waals surface area contributed by atoms with Crippen molar-refractivity contribution in [2.24, 2.45) is 0 Å². The molecule has 0 amide bonds. The van der Waals surface area contributed by atoms with Crippen LogP contribution in [-0.4, -0.2) is 30.6 Å². The number of aromatic nitrogens is 1. The first-order chi connectivity index (χ1) is 13.6. The summed E-state index contributed by atoms with van der Waals surface area (Å²) in [5.74, 6) is -0.961. The Balaban J connectivity index is 1.72. The van der Waals surface area contributed by atoms with Gasteiger partial charge in [-0.1, -0.05) is 44.4 Å². The van der Waals surface area contributed by atoms with Crippen molar-refractivity contribution in [3.63, 3.8) is 0 Å². The molecule has 0 saturated heterocycles. The summed E-state index contributed by atoms with van der Waals surface area (Å²) in [7, 11) is 1.35. The zero-order chi connectivity index (χ0) is 19.9. The van der Waals surface area contributed by atoms with Crippen LogP contribution in [0.25, 0.3) is 22.2 Å². The number of fused-ring (bicyclic) bond motifs is 1. The van der Waals surface area contributed by atoms with Crippen LogP contribution in [0.2, 0.25) is 0 Å². The van der Waals surface area contributed by atoms with Gasteiger partial charge in [0.05, 0.1) is 19.3 Å². The molecule has 0 N–H and O–H groups in total. The normalized spacial score (nSPS) is 10.8. The smallest absolute Gasteiger partial charge is 0.394 e. The quantitative estimate of drug-likeness (QED) is 0.403. The van der Waals surface area contributed by atoms with E-state index in [1.54, 1.807) is 18.2 Å². The molecule has 1 aromatic heterocycles. The Kier molecular flexibility index (Phi) is 6.42. The molecule has 2 aromatic carbocycles. The number of unbranched alkanes of at least 4 members (excludes halogenated alkanes) is 3. The molecule has 6 nitrogen and oxygen atoms in total. The van der Waals surface area contributed by atoms with Crippen LogP contribution in [0.1, 0.15) is 53.7 Å². The number of ether oxygens (including phenoxy) is 2. The minimum atomic E-state index is -0.545. The number of carbonyl (C=O) groups is 2. The average Bonchev–Trinajstić information content (AvgIpc) is 3.16. The van der Waals surface area contributed by atoms with Gasteiger partial charge in [0.15, 0.2) is 5.58 Å². The summed E-state index contributed by atoms with van der Waals surface area (Å²) in [4.78, 5) is 27.9. The lowest BCUT2D eigenvalue weighted by molar-refractivity contribution is 0.0454. The van der Waals surface area contributed by atoms with E-state index in [1.807, 2.05) is 24.3 Å². The van der Waals surface area contributed by atoms with Gasteiger partial charge in [0.2, 0.25) is 0 Å². The van der Waals surface area contributed by atoms with E-state index in [1.165, 1.54) is 7.11 Å². The maximum absolute atomic E-state index is 12.1. The third-order valence-electron chi connectivity index (χ3n) is 4.43. The summed E-state index contributed by atoms with van der Waals surface area (Å²) in [5, 5.41) is 0. The molecule has 0 bridgehead atoms. The van der Waals surface area contributed by atoms with Gasteiger partial charge in [0, 0.05) is 0 Å². The van der Waals surface area contributed by atoms with Crippen molar-refractivity contribution in [3.05, 3.63) is 53.9 Å². The first kappa shape index (κ1) is 19.6. The van der Waals surface area contributed by atoms with E-state index < -0.39 is 5.97 Å². The van der Waals surface area contributed by atoms with Crippen molar-refractivity contribution in [2.75, 3.05) is 13.7 Å². The highest BCUT2D eigenvalue weighted by Gasteiger charge is 2.16. The second-order valence-electron chi connectivity index (χ2n) is 6.47. The largest absolute Gasteiger partial charge is 0.465 e. The molecule has 1 heterocycles. The maximum Gasteiger partial charge on any atom is 0.394 e. The minimum absolute atomic E-state index is 0.0383. The monoisotopic (exact) mass is 381 g/mol. The van der Waals surface area contributed by atoms with Gasteiger partial charge in [0.25, 0.3) is 0 Å². The SMILES string of the molecule is CCCCCCOC(=O)c1nc2cc(-c3ccc(C(=O)OC)cc3)ccc2o1. The predicted octanol–water partition coefficient (Wildman–Crippen LogP) is 5.02. The van der Waals surface area contributed by atoms with Crippen molar-refractivity contribution in [3.8, 4) is 11.1 Å². The number of hydrogen-bond donors (Lipinski definition) is 0. The van der Waals surface area contributed by atoms with E-state index in [4.69, 9.17) is 13.9 Å². The second kappa shape index (κ2) is 9.17. The van der Waals surface area contributed by atoms with Gasteiger partial charge >= 0.3 is 17.8 Å². The molecule has 0 aliphatic rings. The first-order valence-corrected chi connectivity index (χ1v) is 9.39. The number of esters is 2. The highest BCUT2D eigenvalue weighted by atomic mass is 16.5. The first-order valence-electron chi connectivity index (χ1n) is 9.39. The van der Waals surface area contributed by atoms with E-state index >= 15 is 0 Å². The zero-order valence-corrected chi connectivity index (χ0v) is 16.1. The Morgan fingerprint density at radius 1 is 0.964 bits per heavy atom. The van der Waals surface area contributed by atoms with E-state index in [-0.39, 0.29) is 11.9 Å². The van der Waals surface area contributed by atoms with Gasteiger partial charge in [-0.05, 0) is 41.8 Å². The fraction of sp³-hybridized carbons (Fsp3) is 0.318. The van der Waals surface area contributed by atoms with Gasteiger partial charge < -0.3 is 13.9 Å². The van der Waals surface area contributed by atoms with E-state index in [9.17, 15) is 9.59 Å². The molecule has 0 radical (unpaired) electrons. The highest BCUT2D eigenvalue weighted by Crippen LogP contribution is 2.25. The number of rotatable bonds is 8. The standard InChI is InChI=1S/C22H23NO5/c1-3-4-5-6-13-27-22(25)20-23-18-14-17(11-12-19(18)28-20)15-7-9-16(10-8-15)21(24)26-2/h7-12,14H,3-6,13H2,1-2H3. The summed E-state index contributed by atoms with van der Waals surface area (Å²) in [5.41, 5.74) is 3.40. The van der Waals surface area contributed by atoms with Crippen LogP contribution in [0.4, 0.5) is 0 Å². The molecule has 28 heavy (non-hydrogen) atoms. The molecule has 0 aliphatic heterocycles. The number of benzene rings is 2. The summed E-state index contributed by atoms with van der Waals surface area (Å²) in [6, 6.07) is 12.6. The van der Waals surface area contributed by atoms with E-state index in [0.29, 0.717) is 23.3 Å². The van der Waals surface area contributed by atoms with Gasteiger partial charge in [-0.25, -0.2) is 14.6 Å². The van der Waals surface area contributed by atoms with Crippen molar-refractivity contribution < 1.29 is 23.5 Å². The van der Waals surface area contributed by atoms with Crippen molar-refractivity contribution in [2.45, 2.75) is 32.6 Å². The summed E-state index contributed by atoms with van der Waals surface area (Å²) >= 11 is 0. The lowest BCUT2D eigenvalue weighted by Gasteiger charge is -2.03. The molecule has 0 saturated carbocycles. The Morgan fingerprint density at radius 2 is 1.71 bits per heavy atom. The molecule has 0 unspecified atom stereocenters. The van der Waals surface area contributed by atoms with Gasteiger partial charge in [-0.3, -0.25) is 0 Å². The number of methoxy groups -OCH3 is 1. The summed E-state index contributed by atoms with van der Waals surface area (Å²) < 4.78 is 15.5. The average molecular weight is 381 g/mol. The zero-order valence-electron chi connectivity index (χ0n) is 16.1. The van der Waals surface area contributed by atoms with E-state index in [2.05, 4.69) is 11.9 Å². The number of oxazole rings is 1. The summed E-state index contributed by atoms with van der Waals surface area (Å²) in [6.45, 7) is 2.50. The molecule has 3 aromatic rings. The summed E-state index contributed by atoms with van der Waals surface area (Å²) in [6.07, 6.45) is 4.14. The lowest BCUT2D eigenvalue weighted by Crippen LogP contribution is -2.06. The number of hydrogen-bond acceptors (Lipinski definition) is 6. The van der Waals surface area contributed by atoms with Crippen LogP contribution in [0.3, 0.4) is 0 Å². The molecule has 0 spiro atoms. The van der Waals surface area contributed by atoms with Crippen LogP contribution in [0.15, 0.2) is 46.9 Å². The Labute approximate surface area is 163 Å². The Hall–Kier alpha value is -3.15. The molecular weight excluding hydrogens is 358 g/mol.